The molecule has 2 heterocycles. The summed E-state index contributed by atoms with van der Waals surface area (Å²) in [5.41, 5.74) is 0.851. The number of hydrogen-bond acceptors (Lipinski definition) is 2. The summed E-state index contributed by atoms with van der Waals surface area (Å²) >= 11 is 0. The lowest BCUT2D eigenvalue weighted by Gasteiger charge is -2.33. The fraction of sp³-hybridized carbons (Fsp3) is 0.308. The molecule has 1 aliphatic rings. The van der Waals surface area contributed by atoms with Crippen LogP contribution in [0.2, 0.25) is 0 Å². The van der Waals surface area contributed by atoms with Gasteiger partial charge in [0.05, 0.1) is 12.2 Å². The van der Waals surface area contributed by atoms with E-state index in [1.165, 1.54) is 6.20 Å². The Kier molecular flexibility index (Phi) is 2.73. The van der Waals surface area contributed by atoms with Crippen molar-refractivity contribution in [3.63, 3.8) is 0 Å². The lowest BCUT2D eigenvalue weighted by atomic mass is 9.97. The molecule has 2 aromatic rings. The highest BCUT2D eigenvalue weighted by molar-refractivity contribution is 5.41. The number of benzene rings is 1. The van der Waals surface area contributed by atoms with Crippen molar-refractivity contribution >= 4 is 5.82 Å². The van der Waals surface area contributed by atoms with Crippen LogP contribution in [0.3, 0.4) is 0 Å². The normalized spacial score (nSPS) is 22.7. The number of fused-ring (bicyclic) bond motifs is 1. The van der Waals surface area contributed by atoms with Crippen molar-refractivity contribution in [3.05, 3.63) is 48.2 Å². The summed E-state index contributed by atoms with van der Waals surface area (Å²) in [5, 5.41) is 6.86. The van der Waals surface area contributed by atoms with Crippen molar-refractivity contribution in [1.82, 2.24) is 9.78 Å². The Bertz CT molecular complexity index is 562. The highest BCUT2D eigenvalue weighted by atomic mass is 19.4. The molecule has 0 fully saturated rings. The molecular weight excluding hydrogens is 255 g/mol. The number of aromatic nitrogens is 2. The van der Waals surface area contributed by atoms with E-state index in [2.05, 4.69) is 10.4 Å². The maximum absolute atomic E-state index is 13.1. The second-order valence-electron chi connectivity index (χ2n) is 4.56. The molecule has 19 heavy (non-hydrogen) atoms. The molecule has 1 aromatic carbocycles. The maximum atomic E-state index is 13.1. The Balaban J connectivity index is 1.97. The van der Waals surface area contributed by atoms with Gasteiger partial charge >= 0.3 is 6.18 Å². The smallest absolute Gasteiger partial charge is 0.363 e. The molecule has 0 unspecified atom stereocenters. The minimum Gasteiger partial charge on any atom is -0.363 e. The summed E-state index contributed by atoms with van der Waals surface area (Å²) in [4.78, 5) is 0. The van der Waals surface area contributed by atoms with Crippen LogP contribution in [0, 0.1) is 0 Å². The van der Waals surface area contributed by atoms with Crippen molar-refractivity contribution in [1.29, 1.82) is 0 Å². The van der Waals surface area contributed by atoms with Crippen LogP contribution in [0.15, 0.2) is 42.6 Å². The second kappa shape index (κ2) is 4.29. The van der Waals surface area contributed by atoms with Crippen LogP contribution in [-0.4, -0.2) is 16.0 Å². The van der Waals surface area contributed by atoms with Crippen LogP contribution in [0.1, 0.15) is 24.1 Å². The third kappa shape index (κ3) is 2.18. The number of alkyl halides is 3. The number of nitrogens with one attached hydrogen (secondary N) is 1. The Morgan fingerprint density at radius 1 is 1.16 bits per heavy atom. The summed E-state index contributed by atoms with van der Waals surface area (Å²) in [7, 11) is 0. The van der Waals surface area contributed by atoms with E-state index in [-0.39, 0.29) is 12.5 Å². The van der Waals surface area contributed by atoms with E-state index in [9.17, 15) is 13.2 Å². The topological polar surface area (TPSA) is 29.9 Å². The van der Waals surface area contributed by atoms with E-state index in [0.717, 1.165) is 10.2 Å². The molecule has 2 atom stereocenters. The van der Waals surface area contributed by atoms with Crippen LogP contribution >= 0.6 is 0 Å². The molecule has 0 bridgehead atoms. The third-order valence-corrected chi connectivity index (χ3v) is 3.33. The number of hydrogen-bond donors (Lipinski definition) is 1. The molecule has 3 nitrogen and oxygen atoms in total. The summed E-state index contributed by atoms with van der Waals surface area (Å²) < 4.78 is 40.3. The van der Waals surface area contributed by atoms with Gasteiger partial charge in [0.15, 0.2) is 6.04 Å². The number of halogens is 3. The van der Waals surface area contributed by atoms with E-state index >= 15 is 0 Å². The minimum atomic E-state index is -4.30. The summed E-state index contributed by atoms with van der Waals surface area (Å²) in [5.74, 6) is 0.405. The highest BCUT2D eigenvalue weighted by Crippen LogP contribution is 2.42. The van der Waals surface area contributed by atoms with E-state index in [1.54, 1.807) is 6.07 Å². The highest BCUT2D eigenvalue weighted by Gasteiger charge is 2.46. The number of nitrogens with zero attached hydrogens (tertiary/aromatic N) is 2. The van der Waals surface area contributed by atoms with Crippen LogP contribution in [-0.2, 0) is 0 Å². The average Bonchev–Trinajstić information content (AvgIpc) is 2.85. The van der Waals surface area contributed by atoms with Crippen molar-refractivity contribution in [2.45, 2.75) is 24.7 Å². The molecule has 0 saturated carbocycles. The minimum absolute atomic E-state index is 0.0534. The molecule has 1 N–H and O–H groups in total. The molecule has 6 heteroatoms. The second-order valence-corrected chi connectivity index (χ2v) is 4.56. The van der Waals surface area contributed by atoms with Crippen molar-refractivity contribution in [3.8, 4) is 0 Å². The predicted molar refractivity (Wildman–Crippen MR) is 64.7 cm³/mol. The Morgan fingerprint density at radius 3 is 2.58 bits per heavy atom. The predicted octanol–water partition coefficient (Wildman–Crippen LogP) is 3.54. The zero-order chi connectivity index (χ0) is 13.5. The van der Waals surface area contributed by atoms with Gasteiger partial charge in [0, 0.05) is 12.5 Å². The first-order valence-electron chi connectivity index (χ1n) is 5.97. The first kappa shape index (κ1) is 12.1. The van der Waals surface area contributed by atoms with Crippen molar-refractivity contribution < 1.29 is 13.2 Å². The van der Waals surface area contributed by atoms with Crippen LogP contribution in [0.5, 0.6) is 0 Å². The van der Waals surface area contributed by atoms with E-state index in [0.29, 0.717) is 5.82 Å². The molecule has 100 valence electrons. The Labute approximate surface area is 108 Å². The van der Waals surface area contributed by atoms with E-state index < -0.39 is 12.2 Å². The van der Waals surface area contributed by atoms with Gasteiger partial charge in [0.25, 0.3) is 0 Å². The molecule has 0 saturated heterocycles. The van der Waals surface area contributed by atoms with Gasteiger partial charge in [-0.3, -0.25) is 0 Å². The fourth-order valence-electron chi connectivity index (χ4n) is 2.41. The van der Waals surface area contributed by atoms with Gasteiger partial charge in [-0.05, 0) is 5.56 Å². The van der Waals surface area contributed by atoms with Crippen LogP contribution in [0.25, 0.3) is 0 Å². The third-order valence-electron chi connectivity index (χ3n) is 3.33. The van der Waals surface area contributed by atoms with Gasteiger partial charge < -0.3 is 5.32 Å². The van der Waals surface area contributed by atoms with Crippen LogP contribution < -0.4 is 5.32 Å². The molecule has 0 amide bonds. The molecule has 1 aromatic heterocycles. The van der Waals surface area contributed by atoms with E-state index in [1.807, 2.05) is 30.3 Å². The maximum Gasteiger partial charge on any atom is 0.410 e. The monoisotopic (exact) mass is 267 g/mol. The van der Waals surface area contributed by atoms with Crippen molar-refractivity contribution in [2.75, 3.05) is 5.32 Å². The average molecular weight is 267 g/mol. The summed E-state index contributed by atoms with van der Waals surface area (Å²) in [6, 6.07) is 8.79. The SMILES string of the molecule is FC(F)(F)[C@H]1C[C@H](c2ccccc2)Nc2ccnn21. The number of anilines is 1. The molecule has 0 spiro atoms. The largest absolute Gasteiger partial charge is 0.410 e. The van der Waals surface area contributed by atoms with Gasteiger partial charge in [0.1, 0.15) is 5.82 Å². The number of rotatable bonds is 1. The van der Waals surface area contributed by atoms with Gasteiger partial charge in [0.2, 0.25) is 0 Å². The summed E-state index contributed by atoms with van der Waals surface area (Å²) in [6.45, 7) is 0. The fourth-order valence-corrected chi connectivity index (χ4v) is 2.41. The molecular formula is C13H12F3N3. The summed E-state index contributed by atoms with van der Waals surface area (Å²) in [6.07, 6.45) is -2.97. The first-order valence-corrected chi connectivity index (χ1v) is 5.97. The van der Waals surface area contributed by atoms with Gasteiger partial charge in [-0.25, -0.2) is 4.68 Å². The zero-order valence-corrected chi connectivity index (χ0v) is 9.93. The van der Waals surface area contributed by atoms with Gasteiger partial charge in [-0.1, -0.05) is 30.3 Å². The lowest BCUT2D eigenvalue weighted by molar-refractivity contribution is -0.173. The quantitative estimate of drug-likeness (QED) is 0.856. The molecule has 0 radical (unpaired) electrons. The zero-order valence-electron chi connectivity index (χ0n) is 9.93. The van der Waals surface area contributed by atoms with E-state index in [4.69, 9.17) is 0 Å². The lowest BCUT2D eigenvalue weighted by Crippen LogP contribution is -2.35. The molecule has 1 aliphatic heterocycles. The Morgan fingerprint density at radius 2 is 1.89 bits per heavy atom. The van der Waals surface area contributed by atoms with Crippen LogP contribution in [0.4, 0.5) is 19.0 Å². The van der Waals surface area contributed by atoms with Gasteiger partial charge in [-0.2, -0.15) is 18.3 Å². The molecule has 0 aliphatic carbocycles. The Hall–Kier alpha value is -1.98. The molecule has 3 rings (SSSR count). The van der Waals surface area contributed by atoms with Gasteiger partial charge in [-0.15, -0.1) is 0 Å². The first-order chi connectivity index (χ1) is 9.05. The van der Waals surface area contributed by atoms with Crippen molar-refractivity contribution in [2.24, 2.45) is 0 Å². The standard InChI is InChI=1S/C13H12F3N3/c14-13(15,16)11-8-10(9-4-2-1-3-5-9)18-12-6-7-17-19(11)12/h1-7,10-11,18H,8H2/t10-,11-/m1/s1.